The number of pyridine rings is 1. The molecule has 0 saturated heterocycles. The molecule has 0 spiro atoms. The SMILES string of the molecule is c1cnc2ccc3[nH]ccc3c2c1. The van der Waals surface area contributed by atoms with Gasteiger partial charge in [-0.1, -0.05) is 6.07 Å². The van der Waals surface area contributed by atoms with Gasteiger partial charge < -0.3 is 4.98 Å². The Morgan fingerprint density at radius 3 is 3.00 bits per heavy atom. The first-order chi connectivity index (χ1) is 6.45. The Bertz CT molecular complexity index is 566. The van der Waals surface area contributed by atoms with Gasteiger partial charge in [-0.3, -0.25) is 4.98 Å². The highest BCUT2D eigenvalue weighted by atomic mass is 14.7. The van der Waals surface area contributed by atoms with Gasteiger partial charge >= 0.3 is 0 Å². The predicted molar refractivity (Wildman–Crippen MR) is 53.6 cm³/mol. The monoisotopic (exact) mass is 168 g/mol. The molecule has 0 radical (unpaired) electrons. The molecule has 0 atom stereocenters. The van der Waals surface area contributed by atoms with Crippen LogP contribution >= 0.6 is 0 Å². The summed E-state index contributed by atoms with van der Waals surface area (Å²) in [6, 6.07) is 10.2. The van der Waals surface area contributed by atoms with E-state index in [0.717, 1.165) is 5.52 Å². The van der Waals surface area contributed by atoms with E-state index in [1.165, 1.54) is 16.3 Å². The lowest BCUT2D eigenvalue weighted by atomic mass is 10.1. The smallest absolute Gasteiger partial charge is 0.0709 e. The van der Waals surface area contributed by atoms with Crippen LogP contribution in [0.4, 0.5) is 0 Å². The lowest BCUT2D eigenvalue weighted by Gasteiger charge is -1.96. The Hall–Kier alpha value is -1.83. The minimum atomic E-state index is 1.05. The highest BCUT2D eigenvalue weighted by Gasteiger charge is 1.99. The highest BCUT2D eigenvalue weighted by molar-refractivity contribution is 6.04. The third-order valence-electron chi connectivity index (χ3n) is 2.32. The molecular weight excluding hydrogens is 160 g/mol. The van der Waals surface area contributed by atoms with Gasteiger partial charge in [0.2, 0.25) is 0 Å². The van der Waals surface area contributed by atoms with Gasteiger partial charge in [0.05, 0.1) is 5.52 Å². The normalized spacial score (nSPS) is 11.1. The number of nitrogens with one attached hydrogen (secondary N) is 1. The maximum absolute atomic E-state index is 4.30. The average molecular weight is 168 g/mol. The van der Waals surface area contributed by atoms with E-state index < -0.39 is 0 Å². The van der Waals surface area contributed by atoms with E-state index in [-0.39, 0.29) is 0 Å². The molecule has 0 aliphatic carbocycles. The van der Waals surface area contributed by atoms with Crippen molar-refractivity contribution in [3.8, 4) is 0 Å². The summed E-state index contributed by atoms with van der Waals surface area (Å²) in [5.74, 6) is 0. The number of hydrogen-bond donors (Lipinski definition) is 1. The molecule has 0 fully saturated rings. The number of aromatic amines is 1. The van der Waals surface area contributed by atoms with Crippen molar-refractivity contribution in [1.82, 2.24) is 9.97 Å². The van der Waals surface area contributed by atoms with Crippen molar-refractivity contribution < 1.29 is 0 Å². The van der Waals surface area contributed by atoms with E-state index in [4.69, 9.17) is 0 Å². The topological polar surface area (TPSA) is 28.7 Å². The number of hydrogen-bond acceptors (Lipinski definition) is 1. The van der Waals surface area contributed by atoms with Crippen LogP contribution in [0.5, 0.6) is 0 Å². The molecule has 2 nitrogen and oxygen atoms in total. The van der Waals surface area contributed by atoms with Crippen LogP contribution in [0.1, 0.15) is 0 Å². The van der Waals surface area contributed by atoms with Gasteiger partial charge in [0, 0.05) is 28.7 Å². The summed E-state index contributed by atoms with van der Waals surface area (Å²) < 4.78 is 0. The summed E-state index contributed by atoms with van der Waals surface area (Å²) in [7, 11) is 0. The predicted octanol–water partition coefficient (Wildman–Crippen LogP) is 2.72. The van der Waals surface area contributed by atoms with Crippen molar-refractivity contribution in [2.75, 3.05) is 0 Å². The van der Waals surface area contributed by atoms with Crippen LogP contribution in [0.25, 0.3) is 21.8 Å². The minimum absolute atomic E-state index is 1.05. The van der Waals surface area contributed by atoms with Crippen molar-refractivity contribution >= 4 is 21.8 Å². The Morgan fingerprint density at radius 2 is 2.00 bits per heavy atom. The molecule has 0 unspecified atom stereocenters. The van der Waals surface area contributed by atoms with Crippen LogP contribution in [-0.4, -0.2) is 9.97 Å². The van der Waals surface area contributed by atoms with Crippen LogP contribution < -0.4 is 0 Å². The summed E-state index contributed by atoms with van der Waals surface area (Å²) >= 11 is 0. The number of H-pyrrole nitrogens is 1. The van der Waals surface area contributed by atoms with Gasteiger partial charge in [0.15, 0.2) is 0 Å². The van der Waals surface area contributed by atoms with Crippen molar-refractivity contribution in [3.63, 3.8) is 0 Å². The summed E-state index contributed by atoms with van der Waals surface area (Å²) in [5, 5.41) is 2.45. The number of aromatic nitrogens is 2. The lowest BCUT2D eigenvalue weighted by Crippen LogP contribution is -1.77. The Labute approximate surface area is 75.2 Å². The maximum Gasteiger partial charge on any atom is 0.0709 e. The van der Waals surface area contributed by atoms with Gasteiger partial charge in [-0.05, 0) is 24.3 Å². The van der Waals surface area contributed by atoms with Crippen LogP contribution in [0, 0.1) is 0 Å². The molecular formula is C11H8N2. The second-order valence-corrected chi connectivity index (χ2v) is 3.07. The molecule has 2 heterocycles. The number of fused-ring (bicyclic) bond motifs is 3. The zero-order valence-corrected chi connectivity index (χ0v) is 6.99. The second-order valence-electron chi connectivity index (χ2n) is 3.07. The van der Waals surface area contributed by atoms with E-state index in [9.17, 15) is 0 Å². The highest BCUT2D eigenvalue weighted by Crippen LogP contribution is 2.22. The fourth-order valence-corrected chi connectivity index (χ4v) is 1.70. The fraction of sp³-hybridized carbons (Fsp3) is 0. The molecule has 62 valence electrons. The Balaban J connectivity index is 2.65. The quantitative estimate of drug-likeness (QED) is 0.549. The molecule has 1 aromatic carbocycles. The third kappa shape index (κ3) is 0.855. The number of nitrogens with zero attached hydrogens (tertiary/aromatic N) is 1. The lowest BCUT2D eigenvalue weighted by molar-refractivity contribution is 1.42. The zero-order valence-electron chi connectivity index (χ0n) is 6.99. The van der Waals surface area contributed by atoms with Crippen LogP contribution in [0.3, 0.4) is 0 Å². The summed E-state index contributed by atoms with van der Waals surface area (Å²) in [4.78, 5) is 7.48. The molecule has 13 heavy (non-hydrogen) atoms. The molecule has 0 aliphatic heterocycles. The minimum Gasteiger partial charge on any atom is -0.361 e. The number of benzene rings is 1. The molecule has 3 rings (SSSR count). The van der Waals surface area contributed by atoms with Crippen molar-refractivity contribution in [2.24, 2.45) is 0 Å². The van der Waals surface area contributed by atoms with E-state index in [1.807, 2.05) is 24.5 Å². The second kappa shape index (κ2) is 2.33. The van der Waals surface area contributed by atoms with Gasteiger partial charge in [-0.25, -0.2) is 0 Å². The Morgan fingerprint density at radius 1 is 1.00 bits per heavy atom. The van der Waals surface area contributed by atoms with Crippen molar-refractivity contribution in [1.29, 1.82) is 0 Å². The van der Waals surface area contributed by atoms with Crippen molar-refractivity contribution in [3.05, 3.63) is 42.7 Å². The van der Waals surface area contributed by atoms with Gasteiger partial charge in [0.1, 0.15) is 0 Å². The molecule has 0 saturated carbocycles. The van der Waals surface area contributed by atoms with Crippen LogP contribution in [0.15, 0.2) is 42.7 Å². The molecule has 0 aliphatic rings. The Kier molecular flexibility index (Phi) is 1.19. The molecule has 2 heteroatoms. The summed E-state index contributed by atoms with van der Waals surface area (Å²) in [6.07, 6.45) is 3.78. The van der Waals surface area contributed by atoms with E-state index in [0.29, 0.717) is 0 Å². The molecule has 2 aromatic heterocycles. The fourth-order valence-electron chi connectivity index (χ4n) is 1.70. The standard InChI is InChI=1S/C11H8N2/c1-2-8-9-5-7-13-11(9)4-3-10(8)12-6-1/h1-7,13H. The summed E-state index contributed by atoms with van der Waals surface area (Å²) in [5.41, 5.74) is 2.22. The molecule has 0 amide bonds. The number of rotatable bonds is 0. The molecule has 0 bridgehead atoms. The van der Waals surface area contributed by atoms with E-state index in [2.05, 4.69) is 28.2 Å². The summed E-state index contributed by atoms with van der Waals surface area (Å²) in [6.45, 7) is 0. The van der Waals surface area contributed by atoms with E-state index in [1.54, 1.807) is 0 Å². The van der Waals surface area contributed by atoms with Gasteiger partial charge in [0.25, 0.3) is 0 Å². The van der Waals surface area contributed by atoms with Crippen LogP contribution in [0.2, 0.25) is 0 Å². The maximum atomic E-state index is 4.30. The zero-order chi connectivity index (χ0) is 8.67. The van der Waals surface area contributed by atoms with Crippen molar-refractivity contribution in [2.45, 2.75) is 0 Å². The molecule has 1 N–H and O–H groups in total. The van der Waals surface area contributed by atoms with Crippen LogP contribution in [-0.2, 0) is 0 Å². The average Bonchev–Trinajstić information content (AvgIpc) is 2.65. The first-order valence-corrected chi connectivity index (χ1v) is 4.26. The first kappa shape index (κ1) is 6.66. The van der Waals surface area contributed by atoms with Gasteiger partial charge in [-0.15, -0.1) is 0 Å². The first-order valence-electron chi connectivity index (χ1n) is 4.26. The third-order valence-corrected chi connectivity index (χ3v) is 2.32. The molecule has 3 aromatic rings. The largest absolute Gasteiger partial charge is 0.361 e. The van der Waals surface area contributed by atoms with Gasteiger partial charge in [-0.2, -0.15) is 0 Å². The van der Waals surface area contributed by atoms with E-state index >= 15 is 0 Å².